The van der Waals surface area contributed by atoms with E-state index in [1.165, 1.54) is 12.1 Å². The molecule has 3 heterocycles. The van der Waals surface area contributed by atoms with E-state index in [2.05, 4.69) is 20.5 Å². The number of halogens is 5. The molecule has 0 radical (unpaired) electrons. The number of ketones is 1. The highest BCUT2D eigenvalue weighted by Gasteiger charge is 2.36. The largest absolute Gasteiger partial charge is 0.417 e. The Labute approximate surface area is 242 Å². The summed E-state index contributed by atoms with van der Waals surface area (Å²) in [5, 5.41) is 5.64. The van der Waals surface area contributed by atoms with Gasteiger partial charge < -0.3 is 20.5 Å². The van der Waals surface area contributed by atoms with Gasteiger partial charge in [-0.15, -0.1) is 0 Å². The number of hydrogen-bond acceptors (Lipinski definition) is 6. The fourth-order valence-corrected chi connectivity index (χ4v) is 5.63. The first-order chi connectivity index (χ1) is 18.8. The highest BCUT2D eigenvalue weighted by molar-refractivity contribution is 14.1. The van der Waals surface area contributed by atoms with Gasteiger partial charge in [-0.25, -0.2) is 4.39 Å². The first kappa shape index (κ1) is 30.2. The maximum absolute atomic E-state index is 15.7. The van der Waals surface area contributed by atoms with Crippen molar-refractivity contribution in [2.45, 2.75) is 44.6 Å². The molecule has 0 saturated carbocycles. The fraction of sp³-hybridized carbons (Fsp3) is 0.444. The number of anilines is 2. The number of aromatic amines is 1. The van der Waals surface area contributed by atoms with Crippen LogP contribution in [0.3, 0.4) is 0 Å². The summed E-state index contributed by atoms with van der Waals surface area (Å²) in [6, 6.07) is 2.70. The Balaban J connectivity index is 1.78. The van der Waals surface area contributed by atoms with Crippen molar-refractivity contribution in [3.05, 3.63) is 63.3 Å². The molecule has 2 aliphatic heterocycles. The van der Waals surface area contributed by atoms with E-state index in [1.807, 2.05) is 48.4 Å². The zero-order valence-corrected chi connectivity index (χ0v) is 24.3. The maximum Gasteiger partial charge on any atom is 0.417 e. The Morgan fingerprint density at radius 2 is 1.82 bits per heavy atom. The summed E-state index contributed by atoms with van der Waals surface area (Å²) in [6.45, 7) is 5.34. The second-order valence-corrected chi connectivity index (χ2v) is 11.0. The number of likely N-dealkylation sites (N-methyl/N-ethyl adjacent to an activating group) is 1. The van der Waals surface area contributed by atoms with Crippen LogP contribution < -0.4 is 21.1 Å². The second kappa shape index (κ2) is 12.0. The molecule has 2 aliphatic rings. The summed E-state index contributed by atoms with van der Waals surface area (Å²) in [6.07, 6.45) is -2.24. The van der Waals surface area contributed by atoms with Crippen LogP contribution in [0.2, 0.25) is 0 Å². The highest BCUT2D eigenvalue weighted by Crippen LogP contribution is 2.37. The third-order valence-corrected chi connectivity index (χ3v) is 8.26. The van der Waals surface area contributed by atoms with Crippen molar-refractivity contribution in [1.29, 1.82) is 0 Å². The summed E-state index contributed by atoms with van der Waals surface area (Å²) in [5.41, 5.74) is -1.98. The van der Waals surface area contributed by atoms with Crippen LogP contribution in [0.15, 0.2) is 35.3 Å². The first-order valence-corrected chi connectivity index (χ1v) is 14.3. The van der Waals surface area contributed by atoms with Crippen LogP contribution in [0.25, 0.3) is 5.57 Å². The number of hydrogen-bond donors (Lipinski definition) is 3. The third kappa shape index (κ3) is 6.41. The lowest BCUT2D eigenvalue weighted by Gasteiger charge is -2.44. The minimum atomic E-state index is -4.94. The van der Waals surface area contributed by atoms with Crippen LogP contribution in [0, 0.1) is 5.82 Å². The summed E-state index contributed by atoms with van der Waals surface area (Å²) in [5.74, 6) is -1.70. The van der Waals surface area contributed by atoms with Gasteiger partial charge in [-0.2, -0.15) is 13.2 Å². The molecule has 1 fully saturated rings. The number of aromatic nitrogens is 1. The van der Waals surface area contributed by atoms with Gasteiger partial charge in [0.25, 0.3) is 5.91 Å². The van der Waals surface area contributed by atoms with Crippen molar-refractivity contribution in [2.75, 3.05) is 41.3 Å². The number of benzene rings is 1. The summed E-state index contributed by atoms with van der Waals surface area (Å²) >= 11 is 1.97. The Morgan fingerprint density at radius 1 is 1.15 bits per heavy atom. The van der Waals surface area contributed by atoms with E-state index in [0.717, 1.165) is 6.20 Å². The van der Waals surface area contributed by atoms with Gasteiger partial charge in [0.15, 0.2) is 5.78 Å². The molecule has 3 N–H and O–H groups in total. The van der Waals surface area contributed by atoms with Gasteiger partial charge in [0.2, 0.25) is 5.56 Å². The minimum Gasteiger partial charge on any atom is -0.367 e. The monoisotopic (exact) mass is 675 g/mol. The van der Waals surface area contributed by atoms with E-state index in [1.54, 1.807) is 6.08 Å². The van der Waals surface area contributed by atoms with E-state index in [4.69, 9.17) is 0 Å². The SMILES string of the molecule is C[C@@H]1CN(c2cc(F)c(C3=CCNC(C(=O)CI)C3)cc2NC(=O)c2c[nH]c(=O)cc2C(F)(F)F)C[C@H](C)N1C. The fourth-order valence-electron chi connectivity index (χ4n) is 5.10. The molecule has 0 spiro atoms. The van der Waals surface area contributed by atoms with Crippen molar-refractivity contribution in [3.8, 4) is 0 Å². The normalized spacial score (nSPS) is 22.1. The van der Waals surface area contributed by atoms with E-state index >= 15 is 4.39 Å². The van der Waals surface area contributed by atoms with Crippen LogP contribution in [-0.2, 0) is 11.0 Å². The number of alkyl halides is 4. The van der Waals surface area contributed by atoms with Gasteiger partial charge in [0.05, 0.1) is 33.0 Å². The molecule has 216 valence electrons. The zero-order valence-electron chi connectivity index (χ0n) is 22.2. The number of nitrogens with zero attached hydrogens (tertiary/aromatic N) is 2. The number of pyridine rings is 1. The van der Waals surface area contributed by atoms with E-state index < -0.39 is 40.6 Å². The predicted octanol–water partition coefficient (Wildman–Crippen LogP) is 4.06. The minimum absolute atomic E-state index is 0.0325. The molecule has 1 saturated heterocycles. The first-order valence-electron chi connectivity index (χ1n) is 12.7. The summed E-state index contributed by atoms with van der Waals surface area (Å²) < 4.78 is 57.0. The van der Waals surface area contributed by atoms with Gasteiger partial charge >= 0.3 is 6.18 Å². The zero-order chi connectivity index (χ0) is 29.4. The average Bonchev–Trinajstić information content (AvgIpc) is 2.91. The molecule has 1 unspecified atom stereocenters. The number of carbonyl (C=O) groups excluding carboxylic acids is 2. The van der Waals surface area contributed by atoms with Crippen molar-refractivity contribution in [3.63, 3.8) is 0 Å². The van der Waals surface area contributed by atoms with Crippen molar-refractivity contribution in [1.82, 2.24) is 15.2 Å². The molecule has 1 aromatic heterocycles. The molecule has 0 aliphatic carbocycles. The Kier molecular flexibility index (Phi) is 9.05. The maximum atomic E-state index is 15.7. The van der Waals surface area contributed by atoms with Gasteiger partial charge in [-0.3, -0.25) is 19.3 Å². The van der Waals surface area contributed by atoms with E-state index in [-0.39, 0.29) is 40.0 Å². The van der Waals surface area contributed by atoms with Crippen LogP contribution in [0.5, 0.6) is 0 Å². The van der Waals surface area contributed by atoms with Crippen LogP contribution in [0.4, 0.5) is 28.9 Å². The molecule has 1 amide bonds. The Morgan fingerprint density at radius 3 is 2.45 bits per heavy atom. The summed E-state index contributed by atoms with van der Waals surface area (Å²) in [7, 11) is 1.98. The molecule has 40 heavy (non-hydrogen) atoms. The van der Waals surface area contributed by atoms with Gasteiger partial charge in [-0.1, -0.05) is 28.7 Å². The second-order valence-electron chi connectivity index (χ2n) is 10.2. The molecular weight excluding hydrogens is 645 g/mol. The number of rotatable bonds is 6. The quantitative estimate of drug-likeness (QED) is 0.243. The molecule has 8 nitrogen and oxygen atoms in total. The molecule has 0 bridgehead atoms. The van der Waals surface area contributed by atoms with Crippen molar-refractivity contribution in [2.24, 2.45) is 0 Å². The lowest BCUT2D eigenvalue weighted by atomic mass is 9.92. The summed E-state index contributed by atoms with van der Waals surface area (Å²) in [4.78, 5) is 43.3. The molecule has 3 atom stereocenters. The van der Waals surface area contributed by atoms with Crippen LogP contribution in [0.1, 0.15) is 41.8 Å². The number of carbonyl (C=O) groups is 2. The number of Topliss-reactive ketones (excluding diaryl/α,β-unsaturated/α-hetero) is 1. The molecular formula is C27H30F4IN5O3. The van der Waals surface area contributed by atoms with E-state index in [0.29, 0.717) is 37.0 Å². The standard InChI is InChI=1S/C27H30F4IN5O3/c1-14-12-37(13-15(2)36(14)3)23-9-20(28)17(16-4-5-33-22(6-16)24(38)10-32)7-21(23)35-26(40)18-11-34-25(39)8-19(18)27(29,30)31/h4,7-9,11,14-15,22,33H,5-6,10,12-13H2,1-3H3,(H,34,39)(H,35,40)/t14-,15+,22?. The van der Waals surface area contributed by atoms with Gasteiger partial charge in [-0.05, 0) is 45.0 Å². The Bertz CT molecular complexity index is 1380. The van der Waals surface area contributed by atoms with Gasteiger partial charge in [0, 0.05) is 49.5 Å². The van der Waals surface area contributed by atoms with Crippen molar-refractivity contribution < 1.29 is 27.2 Å². The predicted molar refractivity (Wildman–Crippen MR) is 154 cm³/mol. The van der Waals surface area contributed by atoms with Crippen LogP contribution in [-0.4, -0.2) is 70.8 Å². The number of piperazine rings is 1. The molecule has 4 rings (SSSR count). The molecule has 1 aromatic carbocycles. The van der Waals surface area contributed by atoms with Crippen LogP contribution >= 0.6 is 22.6 Å². The smallest absolute Gasteiger partial charge is 0.367 e. The third-order valence-electron chi connectivity index (χ3n) is 7.51. The highest BCUT2D eigenvalue weighted by atomic mass is 127. The number of H-pyrrole nitrogens is 1. The number of amides is 1. The molecule has 2 aromatic rings. The lowest BCUT2D eigenvalue weighted by molar-refractivity contribution is -0.138. The van der Waals surface area contributed by atoms with E-state index in [9.17, 15) is 27.6 Å². The number of nitrogens with one attached hydrogen (secondary N) is 3. The van der Waals surface area contributed by atoms with Gasteiger partial charge in [0.1, 0.15) is 5.82 Å². The Hall–Kier alpha value is -2.78. The topological polar surface area (TPSA) is 97.5 Å². The van der Waals surface area contributed by atoms with Crippen molar-refractivity contribution >= 4 is 51.2 Å². The average molecular weight is 675 g/mol. The lowest BCUT2D eigenvalue weighted by Crippen LogP contribution is -2.55. The molecule has 13 heteroatoms.